The molecule has 1 N–H and O–H groups in total. The number of hydrogen-bond acceptors (Lipinski definition) is 5. The summed E-state index contributed by atoms with van der Waals surface area (Å²) >= 11 is 7.56. The molecule has 0 amide bonds. The van der Waals surface area contributed by atoms with Crippen LogP contribution < -0.4 is 5.32 Å². The molecule has 25 heavy (non-hydrogen) atoms. The van der Waals surface area contributed by atoms with Crippen LogP contribution in [0.4, 0.5) is 5.82 Å². The van der Waals surface area contributed by atoms with Gasteiger partial charge >= 0.3 is 0 Å². The molecule has 3 aromatic heterocycles. The van der Waals surface area contributed by atoms with Crippen molar-refractivity contribution in [3.05, 3.63) is 76.3 Å². The second-order valence-electron chi connectivity index (χ2n) is 5.39. The quantitative estimate of drug-likeness (QED) is 0.490. The van der Waals surface area contributed by atoms with Crippen molar-refractivity contribution in [3.63, 3.8) is 0 Å². The van der Waals surface area contributed by atoms with Crippen LogP contribution in [0.25, 0.3) is 22.4 Å². The molecule has 0 aliphatic carbocycles. The first-order chi connectivity index (χ1) is 12.3. The molecule has 1 aromatic carbocycles. The molecule has 0 atom stereocenters. The molecule has 0 unspecified atom stereocenters. The van der Waals surface area contributed by atoms with E-state index < -0.39 is 0 Å². The second kappa shape index (κ2) is 7.09. The maximum Gasteiger partial charge on any atom is 0.155 e. The Balaban J connectivity index is 1.60. The van der Waals surface area contributed by atoms with E-state index in [0.717, 1.165) is 32.4 Å². The van der Waals surface area contributed by atoms with Crippen molar-refractivity contribution in [2.24, 2.45) is 0 Å². The van der Waals surface area contributed by atoms with Crippen LogP contribution in [0.15, 0.2) is 58.5 Å². The van der Waals surface area contributed by atoms with Gasteiger partial charge in [-0.3, -0.25) is 0 Å². The predicted octanol–water partition coefficient (Wildman–Crippen LogP) is 5.72. The topological polar surface area (TPSA) is 51.0 Å². The van der Waals surface area contributed by atoms with Gasteiger partial charge < -0.3 is 9.73 Å². The van der Waals surface area contributed by atoms with Gasteiger partial charge in [-0.1, -0.05) is 23.7 Å². The number of thiophene rings is 1. The number of hydrogen-bond donors (Lipinski definition) is 1. The van der Waals surface area contributed by atoms with Gasteiger partial charge in [0, 0.05) is 11.6 Å². The summed E-state index contributed by atoms with van der Waals surface area (Å²) < 4.78 is 6.35. The smallest absolute Gasteiger partial charge is 0.155 e. The minimum absolute atomic E-state index is 0.640. The predicted molar refractivity (Wildman–Crippen MR) is 104 cm³/mol. The van der Waals surface area contributed by atoms with E-state index >= 15 is 0 Å². The molecule has 0 bridgehead atoms. The summed E-state index contributed by atoms with van der Waals surface area (Å²) in [5.41, 5.74) is 2.07. The number of furan rings is 1. The first-order valence-electron chi connectivity index (χ1n) is 7.73. The van der Waals surface area contributed by atoms with E-state index in [9.17, 15) is 0 Å². The van der Waals surface area contributed by atoms with Gasteiger partial charge in [-0.05, 0) is 53.4 Å². The fourth-order valence-corrected chi connectivity index (χ4v) is 3.33. The van der Waals surface area contributed by atoms with E-state index in [1.165, 1.54) is 0 Å². The Morgan fingerprint density at radius 3 is 2.76 bits per heavy atom. The molecule has 4 rings (SSSR count). The van der Waals surface area contributed by atoms with Crippen molar-refractivity contribution in [1.29, 1.82) is 0 Å². The van der Waals surface area contributed by atoms with Crippen molar-refractivity contribution >= 4 is 51.1 Å². The van der Waals surface area contributed by atoms with Gasteiger partial charge in [-0.2, -0.15) is 0 Å². The van der Waals surface area contributed by atoms with Crippen molar-refractivity contribution in [3.8, 4) is 0 Å². The summed E-state index contributed by atoms with van der Waals surface area (Å²) in [6, 6.07) is 13.5. The number of nitrogens with one attached hydrogen (secondary N) is 1. The Labute approximate surface area is 153 Å². The van der Waals surface area contributed by atoms with Gasteiger partial charge in [-0.15, -0.1) is 11.3 Å². The molecule has 4 aromatic rings. The van der Waals surface area contributed by atoms with Crippen LogP contribution in [0.3, 0.4) is 0 Å². The molecule has 4 nitrogen and oxygen atoms in total. The van der Waals surface area contributed by atoms with E-state index in [0.29, 0.717) is 12.4 Å². The minimum atomic E-state index is 0.640. The van der Waals surface area contributed by atoms with Gasteiger partial charge in [0.05, 0.1) is 16.5 Å². The fraction of sp³-hybridized carbons (Fsp3) is 0.0526. The molecule has 0 radical (unpaired) electrons. The molecule has 6 heteroatoms. The van der Waals surface area contributed by atoms with E-state index in [1.54, 1.807) is 17.6 Å². The van der Waals surface area contributed by atoms with E-state index in [2.05, 4.69) is 15.3 Å². The van der Waals surface area contributed by atoms with Crippen LogP contribution in [-0.4, -0.2) is 9.97 Å². The lowest BCUT2D eigenvalue weighted by atomic mass is 10.2. The normalized spacial score (nSPS) is 11.4. The standard InChI is InChI=1S/C19H14ClN3OS/c20-14-5-3-13(4-6-14)12-21-19-18-16(9-11-25-18)22-17(23-19)8-7-15-2-1-10-24-15/h1-11H,12H2,(H,21,22,23)/b8-7+. The van der Waals surface area contributed by atoms with Crippen LogP contribution in [0, 0.1) is 0 Å². The minimum Gasteiger partial charge on any atom is -0.465 e. The van der Waals surface area contributed by atoms with Crippen LogP contribution in [0.5, 0.6) is 0 Å². The van der Waals surface area contributed by atoms with Crippen molar-refractivity contribution in [2.45, 2.75) is 6.54 Å². The number of aromatic nitrogens is 2. The molecule has 0 spiro atoms. The largest absolute Gasteiger partial charge is 0.465 e. The first-order valence-corrected chi connectivity index (χ1v) is 8.99. The van der Waals surface area contributed by atoms with E-state index in [4.69, 9.17) is 16.0 Å². The maximum atomic E-state index is 5.94. The lowest BCUT2D eigenvalue weighted by Gasteiger charge is -2.08. The second-order valence-corrected chi connectivity index (χ2v) is 6.75. The van der Waals surface area contributed by atoms with E-state index in [-0.39, 0.29) is 0 Å². The van der Waals surface area contributed by atoms with Gasteiger partial charge in [0.1, 0.15) is 11.6 Å². The molecule has 0 aliphatic heterocycles. The number of halogens is 1. The average Bonchev–Trinajstić information content (AvgIpc) is 3.30. The summed E-state index contributed by atoms with van der Waals surface area (Å²) in [5, 5.41) is 6.16. The zero-order chi connectivity index (χ0) is 17.1. The Morgan fingerprint density at radius 1 is 1.08 bits per heavy atom. The van der Waals surface area contributed by atoms with Crippen LogP contribution in [-0.2, 0) is 6.54 Å². The van der Waals surface area contributed by atoms with E-state index in [1.807, 2.05) is 60.0 Å². The van der Waals surface area contributed by atoms with Gasteiger partial charge in [0.15, 0.2) is 5.82 Å². The number of nitrogens with zero attached hydrogens (tertiary/aromatic N) is 2. The zero-order valence-corrected chi connectivity index (χ0v) is 14.7. The van der Waals surface area contributed by atoms with Gasteiger partial charge in [0.25, 0.3) is 0 Å². The highest BCUT2D eigenvalue weighted by Gasteiger charge is 2.08. The van der Waals surface area contributed by atoms with Gasteiger partial charge in [-0.25, -0.2) is 9.97 Å². The molecular weight excluding hydrogens is 354 g/mol. The molecule has 0 aliphatic rings. The number of benzene rings is 1. The Hall–Kier alpha value is -2.63. The third-order valence-electron chi connectivity index (χ3n) is 3.63. The Kier molecular flexibility index (Phi) is 4.50. The monoisotopic (exact) mass is 367 g/mol. The Bertz CT molecular complexity index is 1010. The molecule has 0 fully saturated rings. The number of rotatable bonds is 5. The van der Waals surface area contributed by atoms with Crippen LogP contribution in [0.1, 0.15) is 17.1 Å². The fourth-order valence-electron chi connectivity index (χ4n) is 2.41. The maximum absolute atomic E-state index is 5.94. The third-order valence-corrected chi connectivity index (χ3v) is 4.80. The van der Waals surface area contributed by atoms with Crippen molar-refractivity contribution < 1.29 is 4.42 Å². The average molecular weight is 368 g/mol. The van der Waals surface area contributed by atoms with Crippen LogP contribution >= 0.6 is 22.9 Å². The third kappa shape index (κ3) is 3.73. The SMILES string of the molecule is Clc1ccc(CNc2nc(/C=C/c3ccco3)nc3ccsc23)cc1. The lowest BCUT2D eigenvalue weighted by Crippen LogP contribution is -2.03. The number of fused-ring (bicyclic) bond motifs is 1. The summed E-state index contributed by atoms with van der Waals surface area (Å²) in [7, 11) is 0. The molecule has 124 valence electrons. The Morgan fingerprint density at radius 2 is 1.96 bits per heavy atom. The first kappa shape index (κ1) is 15.9. The molecule has 3 heterocycles. The summed E-state index contributed by atoms with van der Waals surface area (Å²) in [6.45, 7) is 0.669. The highest BCUT2D eigenvalue weighted by atomic mass is 35.5. The van der Waals surface area contributed by atoms with Gasteiger partial charge in [0.2, 0.25) is 0 Å². The number of anilines is 1. The molecule has 0 saturated carbocycles. The summed E-state index contributed by atoms with van der Waals surface area (Å²) in [5.74, 6) is 2.24. The summed E-state index contributed by atoms with van der Waals surface area (Å²) in [6.07, 6.45) is 5.35. The van der Waals surface area contributed by atoms with Crippen molar-refractivity contribution in [2.75, 3.05) is 5.32 Å². The highest BCUT2D eigenvalue weighted by molar-refractivity contribution is 7.17. The zero-order valence-electron chi connectivity index (χ0n) is 13.1. The highest BCUT2D eigenvalue weighted by Crippen LogP contribution is 2.27. The van der Waals surface area contributed by atoms with Crippen molar-refractivity contribution in [1.82, 2.24) is 9.97 Å². The molecule has 0 saturated heterocycles. The lowest BCUT2D eigenvalue weighted by molar-refractivity contribution is 0.557. The molecular formula is C19H14ClN3OS. The summed E-state index contributed by atoms with van der Waals surface area (Å²) in [4.78, 5) is 9.21. The van der Waals surface area contributed by atoms with Crippen LogP contribution in [0.2, 0.25) is 5.02 Å².